The quantitative estimate of drug-likeness (QED) is 0.243. The summed E-state index contributed by atoms with van der Waals surface area (Å²) in [5, 5.41) is 0. The number of rotatable bonds is 7. The maximum absolute atomic E-state index is 14.0. The lowest BCUT2D eigenvalue weighted by atomic mass is 9.76. The largest absolute Gasteiger partial charge is 0.497 e. The zero-order chi connectivity index (χ0) is 25.0. The van der Waals surface area contributed by atoms with Gasteiger partial charge in [-0.25, -0.2) is 0 Å². The fourth-order valence-electron chi connectivity index (χ4n) is 4.65. The van der Waals surface area contributed by atoms with Crippen molar-refractivity contribution < 1.29 is 19.1 Å². The molecule has 5 heteroatoms. The number of hydrogen-bond donors (Lipinski definition) is 0. The summed E-state index contributed by atoms with van der Waals surface area (Å²) in [4.78, 5) is 27.3. The highest BCUT2D eigenvalue weighted by atomic mass is 16.5. The summed E-state index contributed by atoms with van der Waals surface area (Å²) in [6.45, 7) is 7.05. The van der Waals surface area contributed by atoms with Crippen molar-refractivity contribution in [2.24, 2.45) is 0 Å². The Kier molecular flexibility index (Phi) is 6.69. The molecule has 0 N–H and O–H groups in total. The van der Waals surface area contributed by atoms with E-state index in [0.29, 0.717) is 11.3 Å². The summed E-state index contributed by atoms with van der Waals surface area (Å²) in [7, 11) is 1.62. The minimum absolute atomic E-state index is 0.109. The number of esters is 1. The maximum Gasteiger partial charge on any atom is 0.308 e. The van der Waals surface area contributed by atoms with Crippen molar-refractivity contribution in [1.82, 2.24) is 4.90 Å². The number of fused-ring (bicyclic) bond motifs is 1. The molecule has 1 unspecified atom stereocenters. The number of amides is 1. The second kappa shape index (κ2) is 9.85. The molecule has 1 aliphatic rings. The standard InChI is InChI=1S/C30H27NO4/c1-5-7-10-24(6-2)31-29(33)27-11-8-9-12-28(27)30(31,22-13-17-25(34-4)18-14-22)23-15-19-26(20-16-23)35-21(3)32/h5-20H,1H2,2-4H3/b10-7-,24-6+. The summed E-state index contributed by atoms with van der Waals surface area (Å²) >= 11 is 0. The van der Waals surface area contributed by atoms with Crippen molar-refractivity contribution >= 4 is 11.9 Å². The highest BCUT2D eigenvalue weighted by molar-refractivity contribution is 6.03. The molecule has 0 aromatic heterocycles. The van der Waals surface area contributed by atoms with Crippen LogP contribution in [-0.4, -0.2) is 23.9 Å². The van der Waals surface area contributed by atoms with Crippen molar-refractivity contribution in [2.45, 2.75) is 19.4 Å². The molecule has 0 saturated heterocycles. The highest BCUT2D eigenvalue weighted by Gasteiger charge is 2.53. The Balaban J connectivity index is 2.06. The fourth-order valence-corrected chi connectivity index (χ4v) is 4.65. The molecule has 176 valence electrons. The molecule has 1 atom stereocenters. The SMILES string of the molecule is C=C/C=C\C(=C/C)N1C(=O)c2ccccc2C1(c1ccc(OC)cc1)c1ccc(OC(C)=O)cc1. The molecule has 0 fully saturated rings. The summed E-state index contributed by atoms with van der Waals surface area (Å²) < 4.78 is 10.7. The molecular formula is C30H27NO4. The van der Waals surface area contributed by atoms with Gasteiger partial charge in [0.15, 0.2) is 0 Å². The average Bonchev–Trinajstić information content (AvgIpc) is 3.14. The number of allylic oxidation sites excluding steroid dienone is 4. The van der Waals surface area contributed by atoms with E-state index in [4.69, 9.17) is 9.47 Å². The van der Waals surface area contributed by atoms with Gasteiger partial charge in [0, 0.05) is 18.2 Å². The predicted octanol–water partition coefficient (Wildman–Crippen LogP) is 6.01. The number of methoxy groups -OCH3 is 1. The molecule has 35 heavy (non-hydrogen) atoms. The van der Waals surface area contributed by atoms with Gasteiger partial charge in [-0.05, 0) is 60.0 Å². The first-order valence-corrected chi connectivity index (χ1v) is 11.3. The monoisotopic (exact) mass is 465 g/mol. The van der Waals surface area contributed by atoms with Crippen molar-refractivity contribution in [3.8, 4) is 11.5 Å². The smallest absolute Gasteiger partial charge is 0.308 e. The molecule has 3 aromatic rings. The molecular weight excluding hydrogens is 438 g/mol. The van der Waals surface area contributed by atoms with Crippen LogP contribution in [0.15, 0.2) is 109 Å². The zero-order valence-electron chi connectivity index (χ0n) is 20.0. The number of carbonyl (C=O) groups is 2. The molecule has 0 spiro atoms. The van der Waals surface area contributed by atoms with Gasteiger partial charge in [-0.3, -0.25) is 14.5 Å². The Bertz CT molecular complexity index is 1320. The van der Waals surface area contributed by atoms with Crippen molar-refractivity contribution in [3.05, 3.63) is 132 Å². The first-order valence-electron chi connectivity index (χ1n) is 11.3. The number of ether oxygens (including phenoxy) is 2. The number of hydrogen-bond acceptors (Lipinski definition) is 4. The van der Waals surface area contributed by atoms with Gasteiger partial charge in [-0.15, -0.1) is 0 Å². The van der Waals surface area contributed by atoms with Crippen LogP contribution in [0.4, 0.5) is 0 Å². The third-order valence-corrected chi connectivity index (χ3v) is 6.08. The van der Waals surface area contributed by atoms with E-state index < -0.39 is 11.5 Å². The van der Waals surface area contributed by atoms with Crippen molar-refractivity contribution in [3.63, 3.8) is 0 Å². The van der Waals surface area contributed by atoms with Crippen LogP contribution in [-0.2, 0) is 10.3 Å². The second-order valence-corrected chi connectivity index (χ2v) is 8.05. The molecule has 3 aromatic carbocycles. The fraction of sp³-hybridized carbons (Fsp3) is 0.133. The summed E-state index contributed by atoms with van der Waals surface area (Å²) in [5.41, 5.74) is 2.99. The zero-order valence-corrected chi connectivity index (χ0v) is 20.0. The predicted molar refractivity (Wildman–Crippen MR) is 136 cm³/mol. The number of nitrogens with zero attached hydrogens (tertiary/aromatic N) is 1. The Morgan fingerprint density at radius 1 is 0.943 bits per heavy atom. The van der Waals surface area contributed by atoms with Gasteiger partial charge in [0.25, 0.3) is 5.91 Å². The summed E-state index contributed by atoms with van der Waals surface area (Å²) in [6.07, 6.45) is 7.28. The Hall–Kier alpha value is -4.38. The molecule has 4 rings (SSSR count). The third-order valence-electron chi connectivity index (χ3n) is 6.08. The van der Waals surface area contributed by atoms with E-state index in [2.05, 4.69) is 6.58 Å². The van der Waals surface area contributed by atoms with E-state index in [-0.39, 0.29) is 5.91 Å². The lowest BCUT2D eigenvalue weighted by Gasteiger charge is -2.41. The summed E-state index contributed by atoms with van der Waals surface area (Å²) in [6, 6.07) is 22.7. The van der Waals surface area contributed by atoms with Gasteiger partial charge in [0.05, 0.1) is 7.11 Å². The normalized spacial score (nSPS) is 17.4. The van der Waals surface area contributed by atoms with Crippen molar-refractivity contribution in [2.75, 3.05) is 7.11 Å². The first kappa shape index (κ1) is 23.8. The van der Waals surface area contributed by atoms with E-state index in [1.54, 1.807) is 25.3 Å². The lowest BCUT2D eigenvalue weighted by molar-refractivity contribution is -0.131. The molecule has 0 bridgehead atoms. The van der Waals surface area contributed by atoms with Crippen LogP contribution in [0, 0.1) is 0 Å². The Labute approximate surface area is 205 Å². The Morgan fingerprint density at radius 3 is 2.09 bits per heavy atom. The van der Waals surface area contributed by atoms with Crippen LogP contribution in [0.1, 0.15) is 40.9 Å². The minimum atomic E-state index is -0.970. The molecule has 1 aliphatic heterocycles. The van der Waals surface area contributed by atoms with Gasteiger partial charge in [0.1, 0.15) is 17.0 Å². The lowest BCUT2D eigenvalue weighted by Crippen LogP contribution is -2.44. The first-order chi connectivity index (χ1) is 17.0. The number of carbonyl (C=O) groups excluding carboxylic acids is 2. The van der Waals surface area contributed by atoms with Crippen LogP contribution in [0.2, 0.25) is 0 Å². The molecule has 0 aliphatic carbocycles. The average molecular weight is 466 g/mol. The third kappa shape index (κ3) is 4.06. The second-order valence-electron chi connectivity index (χ2n) is 8.05. The van der Waals surface area contributed by atoms with E-state index >= 15 is 0 Å². The maximum atomic E-state index is 14.0. The van der Waals surface area contributed by atoms with Crippen molar-refractivity contribution in [1.29, 1.82) is 0 Å². The number of benzene rings is 3. The molecule has 5 nitrogen and oxygen atoms in total. The van der Waals surface area contributed by atoms with E-state index in [9.17, 15) is 9.59 Å². The molecule has 0 radical (unpaired) electrons. The van der Waals surface area contributed by atoms with Gasteiger partial charge < -0.3 is 9.47 Å². The van der Waals surface area contributed by atoms with E-state index in [1.807, 2.05) is 90.7 Å². The molecule has 0 saturated carbocycles. The van der Waals surface area contributed by atoms with E-state index in [1.165, 1.54) is 6.92 Å². The molecule has 1 amide bonds. The van der Waals surface area contributed by atoms with Gasteiger partial charge in [-0.1, -0.05) is 67.3 Å². The van der Waals surface area contributed by atoms with Crippen LogP contribution in [0.5, 0.6) is 11.5 Å². The van der Waals surface area contributed by atoms with E-state index in [0.717, 1.165) is 28.1 Å². The Morgan fingerprint density at radius 2 is 1.54 bits per heavy atom. The minimum Gasteiger partial charge on any atom is -0.497 e. The highest BCUT2D eigenvalue weighted by Crippen LogP contribution is 2.51. The van der Waals surface area contributed by atoms with Crippen LogP contribution in [0.25, 0.3) is 0 Å². The van der Waals surface area contributed by atoms with Gasteiger partial charge in [-0.2, -0.15) is 0 Å². The molecule has 1 heterocycles. The van der Waals surface area contributed by atoms with Crippen LogP contribution in [0.3, 0.4) is 0 Å². The van der Waals surface area contributed by atoms with Crippen LogP contribution >= 0.6 is 0 Å². The van der Waals surface area contributed by atoms with Gasteiger partial charge >= 0.3 is 5.97 Å². The topological polar surface area (TPSA) is 55.8 Å². The van der Waals surface area contributed by atoms with Gasteiger partial charge in [0.2, 0.25) is 0 Å². The summed E-state index contributed by atoms with van der Waals surface area (Å²) in [5.74, 6) is 0.655. The van der Waals surface area contributed by atoms with Crippen LogP contribution < -0.4 is 9.47 Å².